The Balaban J connectivity index is 2.06. The van der Waals surface area contributed by atoms with Crippen LogP contribution in [0, 0.1) is 0 Å². The predicted molar refractivity (Wildman–Crippen MR) is 144 cm³/mol. The van der Waals surface area contributed by atoms with E-state index in [0.717, 1.165) is 11.4 Å². The molecular weight excluding hydrogens is 428 g/mol. The monoisotopic (exact) mass is 464 g/mol. The average Bonchev–Trinajstić information content (AvgIpc) is 2.81. The normalized spacial score (nSPS) is 11.6. The molecule has 6 heteroatoms. The average molecular weight is 465 g/mol. The van der Waals surface area contributed by atoms with Crippen LogP contribution >= 0.6 is 0 Å². The van der Waals surface area contributed by atoms with Gasteiger partial charge in [-0.3, -0.25) is 9.59 Å². The molecule has 0 fully saturated rings. The van der Waals surface area contributed by atoms with E-state index < -0.39 is 16.1 Å². The van der Waals surface area contributed by atoms with Gasteiger partial charge in [-0.15, -0.1) is 13.2 Å². The quantitative estimate of drug-likeness (QED) is 0.517. The SMILES string of the molecule is C=C[Si](C)(C)c1cccc(N(C)C(=O)CCC(=O)N(C)c2cccc([Si](C)(C)C=C)c2)c1. The van der Waals surface area contributed by atoms with Crippen LogP contribution in [0.3, 0.4) is 0 Å². The van der Waals surface area contributed by atoms with Crippen LogP contribution in [0.2, 0.25) is 26.2 Å². The Hall–Kier alpha value is -2.71. The minimum absolute atomic E-state index is 0.0732. The zero-order valence-corrected chi connectivity index (χ0v) is 22.3. The molecule has 0 saturated heterocycles. The third-order valence-corrected chi connectivity index (χ3v) is 11.9. The van der Waals surface area contributed by atoms with Crippen LogP contribution in [0.25, 0.3) is 0 Å². The minimum Gasteiger partial charge on any atom is -0.315 e. The molecule has 170 valence electrons. The number of hydrogen-bond donors (Lipinski definition) is 0. The fourth-order valence-electron chi connectivity index (χ4n) is 3.30. The molecule has 0 aliphatic carbocycles. The minimum atomic E-state index is -1.71. The summed E-state index contributed by atoms with van der Waals surface area (Å²) >= 11 is 0. The molecule has 0 saturated carbocycles. The Labute approximate surface area is 195 Å². The molecule has 2 aromatic carbocycles. The Morgan fingerprint density at radius 2 is 1.09 bits per heavy atom. The Bertz CT molecular complexity index is 933. The molecule has 2 amide bonds. The summed E-state index contributed by atoms with van der Waals surface area (Å²) in [4.78, 5) is 28.9. The first kappa shape index (κ1) is 25.6. The molecule has 0 aromatic heterocycles. The zero-order valence-electron chi connectivity index (χ0n) is 20.3. The maximum Gasteiger partial charge on any atom is 0.227 e. The fraction of sp³-hybridized carbons (Fsp3) is 0.308. The highest BCUT2D eigenvalue weighted by Gasteiger charge is 2.23. The lowest BCUT2D eigenvalue weighted by molar-refractivity contribution is -0.123. The Morgan fingerprint density at radius 3 is 1.41 bits per heavy atom. The molecule has 0 atom stereocenters. The van der Waals surface area contributed by atoms with Crippen molar-refractivity contribution in [2.75, 3.05) is 23.9 Å². The summed E-state index contributed by atoms with van der Waals surface area (Å²) in [5, 5.41) is 2.46. The summed E-state index contributed by atoms with van der Waals surface area (Å²) in [7, 11) is 0.108. The second kappa shape index (κ2) is 10.3. The fourth-order valence-corrected chi connectivity index (χ4v) is 5.87. The van der Waals surface area contributed by atoms with Crippen molar-refractivity contribution in [1.82, 2.24) is 0 Å². The van der Waals surface area contributed by atoms with E-state index in [1.807, 2.05) is 35.7 Å². The van der Waals surface area contributed by atoms with Crippen LogP contribution in [0.1, 0.15) is 12.8 Å². The molecule has 0 heterocycles. The van der Waals surface area contributed by atoms with Crippen molar-refractivity contribution in [1.29, 1.82) is 0 Å². The molecule has 0 aliphatic rings. The number of nitrogens with zero attached hydrogens (tertiary/aromatic N) is 2. The second-order valence-corrected chi connectivity index (χ2v) is 18.2. The van der Waals surface area contributed by atoms with Crippen molar-refractivity contribution in [2.45, 2.75) is 39.0 Å². The van der Waals surface area contributed by atoms with E-state index in [2.05, 4.69) is 63.6 Å². The van der Waals surface area contributed by atoms with Crippen molar-refractivity contribution in [3.05, 3.63) is 73.1 Å². The van der Waals surface area contributed by atoms with Gasteiger partial charge in [0.1, 0.15) is 16.1 Å². The molecule has 0 bridgehead atoms. The summed E-state index contributed by atoms with van der Waals surface area (Å²) in [6, 6.07) is 16.1. The van der Waals surface area contributed by atoms with Crippen molar-refractivity contribution in [2.24, 2.45) is 0 Å². The lowest BCUT2D eigenvalue weighted by Crippen LogP contribution is -2.40. The van der Waals surface area contributed by atoms with Gasteiger partial charge in [0.25, 0.3) is 0 Å². The summed E-state index contributed by atoms with van der Waals surface area (Å²) in [6.07, 6.45) is 0.331. The van der Waals surface area contributed by atoms with E-state index >= 15 is 0 Å². The summed E-state index contributed by atoms with van der Waals surface area (Å²) < 4.78 is 0. The van der Waals surface area contributed by atoms with E-state index in [1.165, 1.54) is 10.4 Å². The van der Waals surface area contributed by atoms with E-state index in [0.29, 0.717) is 0 Å². The number of carbonyl (C=O) groups excluding carboxylic acids is 2. The maximum atomic E-state index is 12.8. The molecule has 0 spiro atoms. The number of amides is 2. The third-order valence-electron chi connectivity index (χ3n) is 6.28. The first-order valence-corrected chi connectivity index (χ1v) is 17.1. The highest BCUT2D eigenvalue weighted by atomic mass is 28.3. The molecule has 0 aliphatic heterocycles. The van der Waals surface area contributed by atoms with Gasteiger partial charge in [-0.1, -0.05) is 72.2 Å². The molecule has 32 heavy (non-hydrogen) atoms. The van der Waals surface area contributed by atoms with Crippen molar-refractivity contribution in [3.63, 3.8) is 0 Å². The predicted octanol–water partition coefficient (Wildman–Crippen LogP) is 4.37. The topological polar surface area (TPSA) is 40.6 Å². The van der Waals surface area contributed by atoms with E-state index in [1.54, 1.807) is 23.9 Å². The van der Waals surface area contributed by atoms with Gasteiger partial charge < -0.3 is 9.80 Å². The number of carbonyl (C=O) groups is 2. The van der Waals surface area contributed by atoms with Gasteiger partial charge >= 0.3 is 0 Å². The zero-order chi connectivity index (χ0) is 24.1. The van der Waals surface area contributed by atoms with Crippen LogP contribution in [0.4, 0.5) is 11.4 Å². The van der Waals surface area contributed by atoms with Crippen LogP contribution in [0.15, 0.2) is 73.1 Å². The van der Waals surface area contributed by atoms with Crippen molar-refractivity contribution in [3.8, 4) is 0 Å². The molecular formula is C26H36N2O2Si2. The highest BCUT2D eigenvalue weighted by molar-refractivity contribution is 6.94. The summed E-state index contributed by atoms with van der Waals surface area (Å²) in [6.45, 7) is 16.8. The number of rotatable bonds is 9. The Morgan fingerprint density at radius 1 is 0.750 bits per heavy atom. The third kappa shape index (κ3) is 5.95. The van der Waals surface area contributed by atoms with Gasteiger partial charge in [-0.05, 0) is 24.3 Å². The van der Waals surface area contributed by atoms with Gasteiger partial charge in [0.2, 0.25) is 11.8 Å². The first-order valence-electron chi connectivity index (χ1n) is 10.9. The van der Waals surface area contributed by atoms with E-state index in [-0.39, 0.29) is 24.7 Å². The van der Waals surface area contributed by atoms with Crippen LogP contribution in [-0.2, 0) is 9.59 Å². The molecule has 0 unspecified atom stereocenters. The highest BCUT2D eigenvalue weighted by Crippen LogP contribution is 2.18. The van der Waals surface area contributed by atoms with Gasteiger partial charge in [0.15, 0.2) is 0 Å². The smallest absolute Gasteiger partial charge is 0.227 e. The van der Waals surface area contributed by atoms with E-state index in [9.17, 15) is 9.59 Å². The molecule has 2 aromatic rings. The molecule has 0 N–H and O–H groups in total. The van der Waals surface area contributed by atoms with Crippen LogP contribution < -0.4 is 20.2 Å². The van der Waals surface area contributed by atoms with Gasteiger partial charge in [0, 0.05) is 38.3 Å². The van der Waals surface area contributed by atoms with Crippen LogP contribution in [0.5, 0.6) is 0 Å². The van der Waals surface area contributed by atoms with Crippen LogP contribution in [-0.4, -0.2) is 42.1 Å². The van der Waals surface area contributed by atoms with Gasteiger partial charge in [-0.25, -0.2) is 0 Å². The van der Waals surface area contributed by atoms with E-state index in [4.69, 9.17) is 0 Å². The standard InChI is InChI=1S/C26H36N2O2Si2/c1-9-31(5,6)23-15-11-13-21(19-23)27(3)25(29)17-18-26(30)28(4)22-14-12-16-24(20-22)32(7,8)10-2/h9-16,19-20H,1-2,17-18H2,3-8H3. The lowest BCUT2D eigenvalue weighted by Gasteiger charge is -2.24. The van der Waals surface area contributed by atoms with Crippen molar-refractivity contribution < 1.29 is 9.59 Å². The lowest BCUT2D eigenvalue weighted by atomic mass is 10.2. The Kier molecular flexibility index (Phi) is 8.20. The first-order chi connectivity index (χ1) is 14.9. The summed E-state index contributed by atoms with van der Waals surface area (Å²) in [5.74, 6) is -0.146. The maximum absolute atomic E-state index is 12.8. The number of benzene rings is 2. The van der Waals surface area contributed by atoms with Gasteiger partial charge in [0.05, 0.1) is 0 Å². The summed E-state index contributed by atoms with van der Waals surface area (Å²) in [5.41, 5.74) is 5.77. The van der Waals surface area contributed by atoms with Gasteiger partial charge in [-0.2, -0.15) is 0 Å². The number of hydrogen-bond acceptors (Lipinski definition) is 2. The second-order valence-electron chi connectivity index (χ2n) is 9.36. The molecule has 2 rings (SSSR count). The number of anilines is 2. The van der Waals surface area contributed by atoms with Crippen molar-refractivity contribution >= 4 is 49.7 Å². The molecule has 4 nitrogen and oxygen atoms in total. The largest absolute Gasteiger partial charge is 0.315 e. The molecule has 0 radical (unpaired) electrons.